The van der Waals surface area contributed by atoms with Gasteiger partial charge in [0.2, 0.25) is 0 Å². The molecule has 24 heavy (non-hydrogen) atoms. The molecule has 0 fully saturated rings. The second-order valence-electron chi connectivity index (χ2n) is 4.05. The molecule has 1 aromatic rings. The highest BCUT2D eigenvalue weighted by Crippen LogP contribution is 2.36. The molecular formula is C8H11F6N3O5S2. The van der Waals surface area contributed by atoms with Crippen LogP contribution in [-0.4, -0.2) is 37.9 Å². The van der Waals surface area contributed by atoms with Gasteiger partial charge in [0.25, 0.3) is 5.82 Å². The minimum atomic E-state index is -6.72. The summed E-state index contributed by atoms with van der Waals surface area (Å²) in [6, 6.07) is 0. The zero-order valence-electron chi connectivity index (χ0n) is 11.8. The smallest absolute Gasteiger partial charge is 0.421 e. The Balaban J connectivity index is 0.000000496. The lowest BCUT2D eigenvalue weighted by Gasteiger charge is -2.22. The predicted octanol–water partition coefficient (Wildman–Crippen LogP) is 0.952. The first kappa shape index (κ1) is 22.6. The van der Waals surface area contributed by atoms with Crippen molar-refractivity contribution in [3.63, 3.8) is 0 Å². The van der Waals surface area contributed by atoms with Crippen LogP contribution in [0.5, 0.6) is 0 Å². The average molecular weight is 407 g/mol. The van der Waals surface area contributed by atoms with Gasteiger partial charge in [-0.05, 0) is 6.92 Å². The van der Waals surface area contributed by atoms with Crippen LogP contribution in [0.15, 0.2) is 12.4 Å². The van der Waals surface area contributed by atoms with Gasteiger partial charge in [-0.3, -0.25) is 0 Å². The van der Waals surface area contributed by atoms with Crippen LogP contribution < -0.4 is 4.57 Å². The van der Waals surface area contributed by atoms with Crippen molar-refractivity contribution in [1.82, 2.24) is 4.98 Å². The summed E-state index contributed by atoms with van der Waals surface area (Å²) in [6.07, 6.45) is 3.24. The molecule has 0 saturated heterocycles. The maximum atomic E-state index is 11.4. The highest BCUT2D eigenvalue weighted by Gasteiger charge is 2.46. The molecule has 0 amide bonds. The predicted molar refractivity (Wildman–Crippen MR) is 65.9 cm³/mol. The van der Waals surface area contributed by atoms with Crippen molar-refractivity contribution in [2.24, 2.45) is 7.05 Å². The van der Waals surface area contributed by atoms with E-state index in [1.54, 1.807) is 13.1 Å². The summed E-state index contributed by atoms with van der Waals surface area (Å²) in [4.78, 5) is 2.92. The van der Waals surface area contributed by atoms with Gasteiger partial charge in [-0.1, -0.05) is 0 Å². The third-order valence-electron chi connectivity index (χ3n) is 2.09. The Labute approximate surface area is 132 Å². The molecule has 0 bridgehead atoms. The van der Waals surface area contributed by atoms with Gasteiger partial charge in [0.15, 0.2) is 26.2 Å². The van der Waals surface area contributed by atoms with Crippen LogP contribution in [0.2, 0.25) is 0 Å². The van der Waals surface area contributed by atoms with E-state index in [1.807, 2.05) is 17.8 Å². The molecule has 1 aromatic heterocycles. The van der Waals surface area contributed by atoms with Crippen LogP contribution in [0, 0.1) is 0 Å². The summed E-state index contributed by atoms with van der Waals surface area (Å²) in [5.74, 6) is 0.829. The second kappa shape index (κ2) is 7.24. The third-order valence-corrected chi connectivity index (χ3v) is 4.83. The van der Waals surface area contributed by atoms with Crippen LogP contribution in [0.3, 0.4) is 0 Å². The Kier molecular flexibility index (Phi) is 6.82. The fourth-order valence-corrected chi connectivity index (χ4v) is 2.76. The highest BCUT2D eigenvalue weighted by atomic mass is 32.3. The molecule has 1 rings (SSSR count). The number of halogens is 6. The summed E-state index contributed by atoms with van der Waals surface area (Å²) in [6.45, 7) is 1.73. The molecule has 142 valence electrons. The molecule has 0 saturated carbocycles. The Morgan fingerprint density at radius 1 is 1.08 bits per heavy atom. The number of nitrogens with zero attached hydrogens (tertiary/aromatic N) is 2. The minimum Gasteiger partial charge on any atom is -0.421 e. The molecule has 0 radical (unpaired) electrons. The van der Waals surface area contributed by atoms with E-state index in [0.717, 1.165) is 9.95 Å². The number of aromatic amines is 1. The molecule has 1 heterocycles. The molecule has 2 N–H and O–H groups in total. The first-order valence-electron chi connectivity index (χ1n) is 5.50. The maximum Gasteiger partial charge on any atom is 0.480 e. The molecule has 1 unspecified atom stereocenters. The lowest BCUT2D eigenvalue weighted by molar-refractivity contribution is -0.681. The lowest BCUT2D eigenvalue weighted by Crippen LogP contribution is -2.31. The van der Waals surface area contributed by atoms with Gasteiger partial charge < -0.3 is 9.23 Å². The van der Waals surface area contributed by atoms with E-state index in [1.165, 1.54) is 0 Å². The summed E-state index contributed by atoms with van der Waals surface area (Å²) < 4.78 is 111. The van der Waals surface area contributed by atoms with E-state index in [-0.39, 0.29) is 0 Å². The normalized spacial score (nSPS) is 14.7. The van der Waals surface area contributed by atoms with Gasteiger partial charge in [-0.25, -0.2) is 26.4 Å². The number of aromatic nitrogens is 2. The Morgan fingerprint density at radius 2 is 1.46 bits per heavy atom. The number of sulfonamides is 2. The number of nitrogens with one attached hydrogen (secondary N) is 1. The first-order valence-corrected chi connectivity index (χ1v) is 8.38. The highest BCUT2D eigenvalue weighted by molar-refractivity contribution is 8.13. The van der Waals surface area contributed by atoms with Gasteiger partial charge in [0.05, 0.1) is 7.05 Å². The van der Waals surface area contributed by atoms with Crippen LogP contribution in [-0.2, 0) is 27.1 Å². The fourth-order valence-electron chi connectivity index (χ4n) is 1.05. The number of aliphatic hydroxyl groups excluding tert-OH is 1. The van der Waals surface area contributed by atoms with E-state index < -0.39 is 37.2 Å². The van der Waals surface area contributed by atoms with Gasteiger partial charge in [0.1, 0.15) is 12.4 Å². The van der Waals surface area contributed by atoms with Crippen molar-refractivity contribution < 1.29 is 52.9 Å². The number of rotatable bonds is 3. The summed E-state index contributed by atoms with van der Waals surface area (Å²) in [5, 5.41) is 9.04. The Hall–Kier alpha value is -1.39. The molecule has 0 spiro atoms. The maximum absolute atomic E-state index is 11.4. The molecule has 0 aliphatic heterocycles. The van der Waals surface area contributed by atoms with Gasteiger partial charge in [-0.15, -0.1) is 0 Å². The van der Waals surface area contributed by atoms with Crippen molar-refractivity contribution in [3.8, 4) is 0 Å². The Morgan fingerprint density at radius 3 is 1.62 bits per heavy atom. The monoisotopic (exact) mass is 407 g/mol. The molecule has 0 aliphatic rings. The number of H-pyrrole nitrogens is 1. The third kappa shape index (κ3) is 5.91. The summed E-state index contributed by atoms with van der Waals surface area (Å²) in [5.41, 5.74) is -12.4. The molecule has 1 atom stereocenters. The van der Waals surface area contributed by atoms with Crippen LogP contribution in [0.4, 0.5) is 26.3 Å². The zero-order valence-corrected chi connectivity index (χ0v) is 13.4. The SMILES string of the molecule is CC(O)c1[nH]cc[n+]1C.O=S(=O)([N-]S(=O)(=O)C(F)(F)F)C(F)(F)F. The molecule has 0 aliphatic carbocycles. The lowest BCUT2D eigenvalue weighted by atomic mass is 10.4. The van der Waals surface area contributed by atoms with E-state index in [9.17, 15) is 43.2 Å². The standard InChI is InChI=1S/C6H10N2O.C2F6NO4S2/c1-5(9)6-7-3-4-8(6)2;3-1(4,5)14(10,11)9-15(12,13)2(6,7)8/h3-5,9H,1-2H3;/q;-1/p+1. The summed E-state index contributed by atoms with van der Waals surface area (Å²) >= 11 is 0. The minimum absolute atomic E-state index is 0.412. The van der Waals surface area contributed by atoms with Gasteiger partial charge in [-0.2, -0.15) is 26.3 Å². The van der Waals surface area contributed by atoms with E-state index >= 15 is 0 Å². The zero-order chi connectivity index (χ0) is 19.6. The van der Waals surface area contributed by atoms with Crippen LogP contribution in [0.1, 0.15) is 18.9 Å². The van der Waals surface area contributed by atoms with Gasteiger partial charge >= 0.3 is 11.0 Å². The van der Waals surface area contributed by atoms with Crippen molar-refractivity contribution in [2.45, 2.75) is 24.0 Å². The van der Waals surface area contributed by atoms with E-state index in [4.69, 9.17) is 5.11 Å². The number of alkyl halides is 6. The molecule has 0 aromatic carbocycles. The number of aliphatic hydroxyl groups is 1. The number of aryl methyl sites for hydroxylation is 1. The van der Waals surface area contributed by atoms with Crippen LogP contribution in [0.25, 0.3) is 4.13 Å². The van der Waals surface area contributed by atoms with Crippen molar-refractivity contribution in [1.29, 1.82) is 0 Å². The Bertz CT molecular complexity index is 708. The average Bonchev–Trinajstić information content (AvgIpc) is 2.71. The molecular weight excluding hydrogens is 396 g/mol. The van der Waals surface area contributed by atoms with Crippen LogP contribution >= 0.6 is 0 Å². The quantitative estimate of drug-likeness (QED) is 0.571. The molecule has 16 heteroatoms. The number of imidazole rings is 1. The van der Waals surface area contributed by atoms with E-state index in [0.29, 0.717) is 0 Å². The van der Waals surface area contributed by atoms with Crippen molar-refractivity contribution in [2.75, 3.05) is 0 Å². The van der Waals surface area contributed by atoms with E-state index in [2.05, 4.69) is 4.98 Å². The first-order chi connectivity index (χ1) is 10.4. The van der Waals surface area contributed by atoms with Crippen molar-refractivity contribution in [3.05, 3.63) is 22.3 Å². The topological polar surface area (TPSA) is 122 Å². The number of hydrogen-bond donors (Lipinski definition) is 2. The van der Waals surface area contributed by atoms with Gasteiger partial charge in [0, 0.05) is 0 Å². The fraction of sp³-hybridized carbons (Fsp3) is 0.625. The largest absolute Gasteiger partial charge is 0.480 e. The summed E-state index contributed by atoms with van der Waals surface area (Å²) in [7, 11) is -11.6. The molecule has 8 nitrogen and oxygen atoms in total. The number of hydrogen-bond acceptors (Lipinski definition) is 5. The van der Waals surface area contributed by atoms with Crippen molar-refractivity contribution >= 4 is 20.0 Å². The second-order valence-corrected chi connectivity index (χ2v) is 7.47.